The quantitative estimate of drug-likeness (QED) is 0.406. The molecule has 31 heavy (non-hydrogen) atoms. The van der Waals surface area contributed by atoms with Gasteiger partial charge in [0.25, 0.3) is 11.8 Å². The number of carbonyl (C=O) groups excluding carboxylic acids is 2. The third-order valence-corrected chi connectivity index (χ3v) is 4.15. The molecule has 0 bridgehead atoms. The summed E-state index contributed by atoms with van der Waals surface area (Å²) >= 11 is 0. The summed E-state index contributed by atoms with van der Waals surface area (Å²) in [7, 11) is 1.41. The fraction of sp³-hybridized carbons (Fsp3) is 0.0435. The second-order valence-corrected chi connectivity index (χ2v) is 6.29. The fourth-order valence-electron chi connectivity index (χ4n) is 2.68. The number of benzene rings is 3. The molecule has 3 N–H and O–H groups in total. The molecule has 0 aromatic heterocycles. The molecule has 0 saturated carbocycles. The van der Waals surface area contributed by atoms with Gasteiger partial charge >= 0.3 is 0 Å². The lowest BCUT2D eigenvalue weighted by atomic mass is 10.1. The van der Waals surface area contributed by atoms with E-state index in [-0.39, 0.29) is 23.3 Å². The fourth-order valence-corrected chi connectivity index (χ4v) is 2.68. The number of hydrazone groups is 2. The van der Waals surface area contributed by atoms with E-state index in [0.29, 0.717) is 22.3 Å². The molecule has 0 atom stereocenters. The second kappa shape index (κ2) is 10.4. The zero-order valence-electron chi connectivity index (χ0n) is 16.6. The molecule has 8 nitrogen and oxygen atoms in total. The molecule has 0 aliphatic heterocycles. The summed E-state index contributed by atoms with van der Waals surface area (Å²) in [6, 6.07) is 20.4. The Morgan fingerprint density at radius 1 is 0.839 bits per heavy atom. The maximum atomic E-state index is 12.1. The van der Waals surface area contributed by atoms with Gasteiger partial charge in [0.1, 0.15) is 0 Å². The molecule has 3 aromatic carbocycles. The van der Waals surface area contributed by atoms with Crippen LogP contribution in [0.15, 0.2) is 83.0 Å². The molecule has 2 amide bonds. The van der Waals surface area contributed by atoms with Crippen molar-refractivity contribution in [1.29, 1.82) is 0 Å². The van der Waals surface area contributed by atoms with Crippen LogP contribution in [0.1, 0.15) is 31.8 Å². The topological polar surface area (TPSA) is 112 Å². The molecule has 3 rings (SSSR count). The molecule has 156 valence electrons. The van der Waals surface area contributed by atoms with Crippen molar-refractivity contribution in [2.24, 2.45) is 10.2 Å². The highest BCUT2D eigenvalue weighted by atomic mass is 16.5. The number of hydrogen-bond donors (Lipinski definition) is 3. The van der Waals surface area contributed by atoms with Crippen molar-refractivity contribution >= 4 is 24.2 Å². The van der Waals surface area contributed by atoms with E-state index in [1.807, 2.05) is 12.1 Å². The van der Waals surface area contributed by atoms with Crippen LogP contribution in [-0.4, -0.2) is 36.5 Å². The van der Waals surface area contributed by atoms with Gasteiger partial charge in [-0.1, -0.05) is 36.4 Å². The Morgan fingerprint density at radius 3 is 1.87 bits per heavy atom. The molecule has 0 heterocycles. The average molecular weight is 416 g/mol. The predicted octanol–water partition coefficient (Wildman–Crippen LogP) is 2.93. The number of phenolic OH excluding ortho intramolecular Hbond substituents is 1. The van der Waals surface area contributed by atoms with E-state index in [2.05, 4.69) is 21.1 Å². The van der Waals surface area contributed by atoms with Crippen LogP contribution >= 0.6 is 0 Å². The van der Waals surface area contributed by atoms with Gasteiger partial charge in [0.05, 0.1) is 19.5 Å². The van der Waals surface area contributed by atoms with E-state index in [1.54, 1.807) is 54.6 Å². The van der Waals surface area contributed by atoms with Crippen LogP contribution in [0.2, 0.25) is 0 Å². The smallest absolute Gasteiger partial charge is 0.271 e. The first-order valence-electron chi connectivity index (χ1n) is 9.26. The number of carbonyl (C=O) groups is 2. The lowest BCUT2D eigenvalue weighted by Gasteiger charge is -2.08. The lowest BCUT2D eigenvalue weighted by molar-refractivity contribution is 0.0947. The van der Waals surface area contributed by atoms with Gasteiger partial charge in [-0.25, -0.2) is 10.9 Å². The summed E-state index contributed by atoms with van der Waals surface area (Å²) in [6.45, 7) is 0. The Morgan fingerprint density at radius 2 is 1.35 bits per heavy atom. The van der Waals surface area contributed by atoms with E-state index in [4.69, 9.17) is 4.74 Å². The summed E-state index contributed by atoms with van der Waals surface area (Å²) in [6.07, 6.45) is 2.72. The summed E-state index contributed by atoms with van der Waals surface area (Å²) < 4.78 is 5.21. The molecule has 0 unspecified atom stereocenters. The Balaban J connectivity index is 1.72. The Labute approximate surface area is 178 Å². The number of rotatable bonds is 7. The minimum atomic E-state index is -0.374. The van der Waals surface area contributed by atoms with Crippen molar-refractivity contribution in [2.75, 3.05) is 7.11 Å². The molecule has 0 radical (unpaired) electrons. The minimum Gasteiger partial charge on any atom is -0.504 e. The maximum Gasteiger partial charge on any atom is 0.271 e. The largest absolute Gasteiger partial charge is 0.504 e. The van der Waals surface area contributed by atoms with E-state index in [1.165, 1.54) is 25.6 Å². The van der Waals surface area contributed by atoms with Gasteiger partial charge in [-0.2, -0.15) is 10.2 Å². The Bertz CT molecular complexity index is 1110. The van der Waals surface area contributed by atoms with E-state index in [0.717, 1.165) is 0 Å². The average Bonchev–Trinajstić information content (AvgIpc) is 2.80. The van der Waals surface area contributed by atoms with Gasteiger partial charge < -0.3 is 9.84 Å². The van der Waals surface area contributed by atoms with Crippen LogP contribution in [0, 0.1) is 0 Å². The van der Waals surface area contributed by atoms with Gasteiger partial charge in [0.15, 0.2) is 11.5 Å². The highest BCUT2D eigenvalue weighted by molar-refractivity contribution is 5.96. The van der Waals surface area contributed by atoms with Crippen molar-refractivity contribution in [3.05, 3.63) is 95.1 Å². The van der Waals surface area contributed by atoms with Crippen molar-refractivity contribution < 1.29 is 19.4 Å². The first-order chi connectivity index (χ1) is 15.1. The predicted molar refractivity (Wildman–Crippen MR) is 118 cm³/mol. The molecule has 8 heteroatoms. The third-order valence-electron chi connectivity index (χ3n) is 4.15. The highest BCUT2D eigenvalue weighted by Gasteiger charge is 2.10. The van der Waals surface area contributed by atoms with E-state index >= 15 is 0 Å². The van der Waals surface area contributed by atoms with Gasteiger partial charge in [0, 0.05) is 16.7 Å². The van der Waals surface area contributed by atoms with Crippen molar-refractivity contribution in [1.82, 2.24) is 10.9 Å². The number of nitrogens with one attached hydrogen (secondary N) is 2. The first-order valence-corrected chi connectivity index (χ1v) is 9.26. The van der Waals surface area contributed by atoms with Gasteiger partial charge in [-0.05, 0) is 42.0 Å². The molecule has 0 fully saturated rings. The molecule has 0 spiro atoms. The molecule has 0 aliphatic carbocycles. The van der Waals surface area contributed by atoms with Crippen LogP contribution in [0.3, 0.4) is 0 Å². The van der Waals surface area contributed by atoms with Crippen molar-refractivity contribution in [3.63, 3.8) is 0 Å². The van der Waals surface area contributed by atoms with E-state index < -0.39 is 0 Å². The normalized spacial score (nSPS) is 10.9. The van der Waals surface area contributed by atoms with Gasteiger partial charge in [0.2, 0.25) is 0 Å². The second-order valence-electron chi connectivity index (χ2n) is 6.29. The van der Waals surface area contributed by atoms with Crippen LogP contribution < -0.4 is 15.6 Å². The molecule has 0 aliphatic rings. The highest BCUT2D eigenvalue weighted by Crippen LogP contribution is 2.30. The zero-order chi connectivity index (χ0) is 22.1. The summed E-state index contributed by atoms with van der Waals surface area (Å²) in [5.74, 6) is -0.693. The Hall–Kier alpha value is -4.46. The third kappa shape index (κ3) is 5.77. The SMILES string of the molecule is COc1c(O)cc(/C=N\NC(=O)c2ccccc2)cc1/C=N\NC(=O)c1ccccc1. The molecule has 3 aromatic rings. The maximum absolute atomic E-state index is 12.1. The van der Waals surface area contributed by atoms with Crippen LogP contribution in [0.25, 0.3) is 0 Å². The Kier molecular flexibility index (Phi) is 7.10. The molecular weight excluding hydrogens is 396 g/mol. The number of ether oxygens (including phenoxy) is 1. The standard InChI is InChI=1S/C23H20N4O4/c1-31-21-19(15-25-27-23(30)18-10-6-3-7-11-18)12-16(13-20(21)28)14-24-26-22(29)17-8-4-2-5-9-17/h2-15,28H,1H3,(H,26,29)(H,27,30)/b24-14-,25-15-. The number of amides is 2. The number of methoxy groups -OCH3 is 1. The summed E-state index contributed by atoms with van der Waals surface area (Å²) in [5, 5.41) is 18.1. The van der Waals surface area contributed by atoms with Crippen LogP contribution in [0.4, 0.5) is 0 Å². The van der Waals surface area contributed by atoms with Crippen LogP contribution in [-0.2, 0) is 0 Å². The van der Waals surface area contributed by atoms with Gasteiger partial charge in [-0.3, -0.25) is 9.59 Å². The first kappa shape index (κ1) is 21.3. The summed E-state index contributed by atoms with van der Waals surface area (Å²) in [5.41, 5.74) is 6.67. The molecular formula is C23H20N4O4. The number of aromatic hydroxyl groups is 1. The van der Waals surface area contributed by atoms with Crippen molar-refractivity contribution in [2.45, 2.75) is 0 Å². The van der Waals surface area contributed by atoms with Crippen molar-refractivity contribution in [3.8, 4) is 11.5 Å². The summed E-state index contributed by atoms with van der Waals surface area (Å²) in [4.78, 5) is 24.1. The lowest BCUT2D eigenvalue weighted by Crippen LogP contribution is -2.17. The molecule has 0 saturated heterocycles. The number of nitrogens with zero attached hydrogens (tertiary/aromatic N) is 2. The minimum absolute atomic E-state index is 0.142. The monoisotopic (exact) mass is 416 g/mol. The number of hydrogen-bond acceptors (Lipinski definition) is 6. The number of phenols is 1. The van der Waals surface area contributed by atoms with Gasteiger partial charge in [-0.15, -0.1) is 0 Å². The van der Waals surface area contributed by atoms with E-state index in [9.17, 15) is 14.7 Å². The van der Waals surface area contributed by atoms with Crippen LogP contribution in [0.5, 0.6) is 11.5 Å². The zero-order valence-corrected chi connectivity index (χ0v) is 16.6.